The van der Waals surface area contributed by atoms with E-state index in [-0.39, 0.29) is 18.1 Å². The van der Waals surface area contributed by atoms with Crippen molar-refractivity contribution in [2.75, 3.05) is 0 Å². The highest BCUT2D eigenvalue weighted by Crippen LogP contribution is 2.24. The molecule has 0 unspecified atom stereocenters. The van der Waals surface area contributed by atoms with Gasteiger partial charge in [0, 0.05) is 34.7 Å². The number of rotatable bonds is 9. The molecule has 2 N–H and O–H groups in total. The van der Waals surface area contributed by atoms with E-state index in [0.717, 1.165) is 23.6 Å². The molecule has 0 heterocycles. The number of aliphatic carboxylic acids is 1. The van der Waals surface area contributed by atoms with Gasteiger partial charge in [-0.3, -0.25) is 4.79 Å². The van der Waals surface area contributed by atoms with Crippen LogP contribution in [0.2, 0.25) is 5.02 Å². The lowest BCUT2D eigenvalue weighted by Crippen LogP contribution is -2.16. The Hall–Kier alpha value is -2.72. The second-order valence-corrected chi connectivity index (χ2v) is 6.72. The quantitative estimate of drug-likeness (QED) is 0.350. The van der Waals surface area contributed by atoms with Crippen LogP contribution in [0.1, 0.15) is 47.2 Å². The summed E-state index contributed by atoms with van der Waals surface area (Å²) in [7, 11) is 0. The molecule has 0 bridgehead atoms. The zero-order chi connectivity index (χ0) is 19.8. The normalized spacial score (nSPS) is 12.1. The van der Waals surface area contributed by atoms with Gasteiger partial charge in [-0.15, -0.1) is 0 Å². The molecular weight excluding hydrogens is 362 g/mol. The van der Waals surface area contributed by atoms with Gasteiger partial charge < -0.3 is 10.5 Å². The van der Waals surface area contributed by atoms with Crippen LogP contribution < -0.4 is 0 Å². The second kappa shape index (κ2) is 9.83. The maximum Gasteiger partial charge on any atom is 0.327 e. The number of halogens is 1. The molecule has 1 atom stereocenters. The number of hydrogen-bond acceptors (Lipinski definition) is 3. The Morgan fingerprint density at radius 2 is 1.74 bits per heavy atom. The van der Waals surface area contributed by atoms with Crippen LogP contribution in [0.5, 0.6) is 0 Å². The minimum atomic E-state index is -0.962. The molecule has 27 heavy (non-hydrogen) atoms. The third kappa shape index (κ3) is 6.19. The largest absolute Gasteiger partial charge is 0.478 e. The number of carbonyl (C=O) groups is 2. The van der Waals surface area contributed by atoms with Crippen LogP contribution in [0, 0.1) is 5.41 Å². The molecule has 0 saturated heterocycles. The Bertz CT molecular complexity index is 839. The van der Waals surface area contributed by atoms with Gasteiger partial charge in [0.1, 0.15) is 0 Å². The van der Waals surface area contributed by atoms with Crippen LogP contribution in [-0.4, -0.2) is 22.6 Å². The van der Waals surface area contributed by atoms with E-state index in [1.165, 1.54) is 0 Å². The molecule has 0 aliphatic rings. The lowest BCUT2D eigenvalue weighted by atomic mass is 9.87. The van der Waals surface area contributed by atoms with Gasteiger partial charge in [-0.05, 0) is 48.2 Å². The predicted molar refractivity (Wildman–Crippen MR) is 108 cm³/mol. The van der Waals surface area contributed by atoms with E-state index in [0.29, 0.717) is 22.7 Å². The fourth-order valence-corrected chi connectivity index (χ4v) is 3.03. The Balaban J connectivity index is 2.04. The van der Waals surface area contributed by atoms with Gasteiger partial charge in [0.25, 0.3) is 0 Å². The predicted octanol–water partition coefficient (Wildman–Crippen LogP) is 5.31. The first-order chi connectivity index (χ1) is 12.9. The molecule has 5 heteroatoms. The van der Waals surface area contributed by atoms with Gasteiger partial charge in [0.05, 0.1) is 0 Å². The van der Waals surface area contributed by atoms with Gasteiger partial charge in [0.2, 0.25) is 0 Å². The summed E-state index contributed by atoms with van der Waals surface area (Å²) in [5.74, 6) is -1.17. The third-order valence-corrected chi connectivity index (χ3v) is 4.59. The summed E-state index contributed by atoms with van der Waals surface area (Å²) in [5.41, 5.74) is 2.92. The van der Waals surface area contributed by atoms with E-state index in [4.69, 9.17) is 22.1 Å². The average molecular weight is 384 g/mol. The van der Waals surface area contributed by atoms with Crippen LogP contribution >= 0.6 is 11.6 Å². The molecule has 0 amide bonds. The van der Waals surface area contributed by atoms with Gasteiger partial charge in [-0.2, -0.15) is 0 Å². The summed E-state index contributed by atoms with van der Waals surface area (Å²) in [4.78, 5) is 22.9. The van der Waals surface area contributed by atoms with Crippen molar-refractivity contribution in [1.29, 1.82) is 5.41 Å². The minimum absolute atomic E-state index is 0.0727. The summed E-state index contributed by atoms with van der Waals surface area (Å²) in [6.45, 7) is 2.00. The van der Waals surface area contributed by atoms with Crippen molar-refractivity contribution in [3.63, 3.8) is 0 Å². The van der Waals surface area contributed by atoms with Crippen LogP contribution in [0.15, 0.2) is 60.7 Å². The fourth-order valence-electron chi connectivity index (χ4n) is 2.90. The molecule has 4 nitrogen and oxygen atoms in total. The molecule has 0 spiro atoms. The molecule has 0 fully saturated rings. The van der Waals surface area contributed by atoms with Gasteiger partial charge in [-0.1, -0.05) is 48.9 Å². The topological polar surface area (TPSA) is 78.2 Å². The maximum absolute atomic E-state index is 12.4. The van der Waals surface area contributed by atoms with E-state index >= 15 is 0 Å². The Morgan fingerprint density at radius 3 is 2.30 bits per heavy atom. The second-order valence-electron chi connectivity index (χ2n) is 6.28. The van der Waals surface area contributed by atoms with Crippen molar-refractivity contribution in [3.8, 4) is 0 Å². The van der Waals surface area contributed by atoms with Crippen LogP contribution in [-0.2, 0) is 11.2 Å². The molecular formula is C22H22ClNO3. The first-order valence-corrected chi connectivity index (χ1v) is 9.13. The van der Waals surface area contributed by atoms with Gasteiger partial charge in [0.15, 0.2) is 5.78 Å². The number of hydrogen-bond donors (Lipinski definition) is 2. The van der Waals surface area contributed by atoms with Crippen molar-refractivity contribution in [3.05, 3.63) is 82.4 Å². The van der Waals surface area contributed by atoms with Gasteiger partial charge >= 0.3 is 5.97 Å². The average Bonchev–Trinajstić information content (AvgIpc) is 2.63. The van der Waals surface area contributed by atoms with Crippen molar-refractivity contribution in [2.24, 2.45) is 0 Å². The number of Topliss-reactive ketones (excluding diaryl/α,β-unsaturated/α-hetero) is 1. The lowest BCUT2D eigenvalue weighted by molar-refractivity contribution is -0.131. The van der Waals surface area contributed by atoms with Crippen molar-refractivity contribution >= 4 is 29.1 Å². The summed E-state index contributed by atoms with van der Waals surface area (Å²) >= 11 is 5.85. The lowest BCUT2D eigenvalue weighted by Gasteiger charge is -2.17. The van der Waals surface area contributed by atoms with Gasteiger partial charge in [-0.25, -0.2) is 4.79 Å². The zero-order valence-electron chi connectivity index (χ0n) is 15.1. The smallest absolute Gasteiger partial charge is 0.327 e. The first kappa shape index (κ1) is 20.6. The molecule has 2 rings (SSSR count). The molecule has 0 saturated carbocycles. The Labute approximate surface area is 164 Å². The summed E-state index contributed by atoms with van der Waals surface area (Å²) in [5, 5.41) is 17.6. The van der Waals surface area contributed by atoms with E-state index < -0.39 is 5.97 Å². The standard InChI is InChI=1S/C22H22ClNO3/c1-2-19(16-8-6-15(7-9-16)4-3-5-22(26)27)20(24)14-21(25)17-10-12-18(23)13-11-17/h3,5-13,19,24H,2,4,14H2,1H3,(H,26,27)/b5-3+,24-20?/t19-/m0/s1. The first-order valence-electron chi connectivity index (χ1n) is 8.75. The Morgan fingerprint density at radius 1 is 1.11 bits per heavy atom. The third-order valence-electron chi connectivity index (χ3n) is 4.34. The number of allylic oxidation sites excluding steroid dienone is 1. The Kier molecular flexibility index (Phi) is 7.50. The number of carboxylic acids is 1. The molecule has 2 aromatic rings. The highest BCUT2D eigenvalue weighted by atomic mass is 35.5. The number of benzene rings is 2. The van der Waals surface area contributed by atoms with E-state index in [9.17, 15) is 9.59 Å². The monoisotopic (exact) mass is 383 g/mol. The van der Waals surface area contributed by atoms with Crippen LogP contribution in [0.3, 0.4) is 0 Å². The molecule has 0 aliphatic carbocycles. The summed E-state index contributed by atoms with van der Waals surface area (Å²) in [6, 6.07) is 14.5. The minimum Gasteiger partial charge on any atom is -0.478 e. The zero-order valence-corrected chi connectivity index (χ0v) is 15.9. The number of carbonyl (C=O) groups excluding carboxylic acids is 1. The molecule has 0 aromatic heterocycles. The van der Waals surface area contributed by atoms with Crippen LogP contribution in [0.25, 0.3) is 0 Å². The van der Waals surface area contributed by atoms with E-state index in [1.54, 1.807) is 30.3 Å². The van der Waals surface area contributed by atoms with Crippen LogP contribution in [0.4, 0.5) is 0 Å². The SMILES string of the molecule is CC[C@H](C(=N)CC(=O)c1ccc(Cl)cc1)c1ccc(C/C=C/C(=O)O)cc1. The highest BCUT2D eigenvalue weighted by molar-refractivity contribution is 6.30. The van der Waals surface area contributed by atoms with E-state index in [2.05, 4.69) is 0 Å². The summed E-state index contributed by atoms with van der Waals surface area (Å²) < 4.78 is 0. The number of nitrogens with one attached hydrogen (secondary N) is 1. The molecule has 0 aliphatic heterocycles. The highest BCUT2D eigenvalue weighted by Gasteiger charge is 2.18. The molecule has 140 valence electrons. The van der Waals surface area contributed by atoms with Crippen molar-refractivity contribution in [1.82, 2.24) is 0 Å². The fraction of sp³-hybridized carbons (Fsp3) is 0.227. The molecule has 2 aromatic carbocycles. The molecule has 0 radical (unpaired) electrons. The van der Waals surface area contributed by atoms with Crippen molar-refractivity contribution < 1.29 is 14.7 Å². The maximum atomic E-state index is 12.4. The summed E-state index contributed by atoms with van der Waals surface area (Å²) in [6.07, 6.45) is 4.06. The van der Waals surface area contributed by atoms with Crippen molar-refractivity contribution in [2.45, 2.75) is 32.1 Å². The van der Waals surface area contributed by atoms with E-state index in [1.807, 2.05) is 31.2 Å². The number of ketones is 1. The number of carboxylic acid groups (broad SMARTS) is 1.